The van der Waals surface area contributed by atoms with Gasteiger partial charge in [0.25, 0.3) is 0 Å². The van der Waals surface area contributed by atoms with Crippen LogP contribution in [0.5, 0.6) is 0 Å². The Labute approximate surface area is 172 Å². The highest BCUT2D eigenvalue weighted by Crippen LogP contribution is 2.26. The number of halogens is 1. The Morgan fingerprint density at radius 1 is 0.929 bits per heavy atom. The van der Waals surface area contributed by atoms with E-state index in [0.29, 0.717) is 5.96 Å². The summed E-state index contributed by atoms with van der Waals surface area (Å²) in [5.41, 5.74) is 10.6. The summed E-state index contributed by atoms with van der Waals surface area (Å²) in [5, 5.41) is 3.51. The summed E-state index contributed by atoms with van der Waals surface area (Å²) in [4.78, 5) is 13.6. The van der Waals surface area contributed by atoms with Crippen molar-refractivity contribution in [1.29, 1.82) is 0 Å². The molecule has 0 spiro atoms. The van der Waals surface area contributed by atoms with Gasteiger partial charge < -0.3 is 16.0 Å². The highest BCUT2D eigenvalue weighted by atomic mass is 35.5. The van der Waals surface area contributed by atoms with Crippen LogP contribution in [0.3, 0.4) is 0 Å². The quantitative estimate of drug-likeness (QED) is 0.826. The van der Waals surface area contributed by atoms with Crippen molar-refractivity contribution < 1.29 is 0 Å². The van der Waals surface area contributed by atoms with Crippen molar-refractivity contribution >= 4 is 35.7 Å². The number of aliphatic imine (C=N–C) groups is 2. The fourth-order valence-corrected chi connectivity index (χ4v) is 3.48. The third-order valence-corrected chi connectivity index (χ3v) is 4.98. The third kappa shape index (κ3) is 4.22. The van der Waals surface area contributed by atoms with Crippen LogP contribution in [0.1, 0.15) is 24.0 Å². The maximum absolute atomic E-state index is 6.09. The fraction of sp³-hybridized carbons (Fsp3) is 0.333. The van der Waals surface area contributed by atoms with Gasteiger partial charge in [-0.1, -0.05) is 35.4 Å². The third-order valence-electron chi connectivity index (χ3n) is 4.98. The molecule has 2 aliphatic heterocycles. The second-order valence-corrected chi connectivity index (χ2v) is 7.18. The summed E-state index contributed by atoms with van der Waals surface area (Å²) in [7, 11) is 0. The van der Waals surface area contributed by atoms with Gasteiger partial charge in [0, 0.05) is 24.5 Å². The molecular weight excluding hydrogens is 372 g/mol. The van der Waals surface area contributed by atoms with E-state index >= 15 is 0 Å². The number of rotatable bonds is 3. The standard InChI is InChI=1S/C21H26N6.ClH/c1-15-5-9-17(10-6-15)23-20-24-19(22)25-21(26-13-3-4-14-26)27(20)18-11-7-16(2)8-12-18;/h5-12,20,23H,3-4,13-14H2,1-2H3,(H2,22,24);1H. The van der Waals surface area contributed by atoms with Crippen LogP contribution < -0.4 is 16.0 Å². The highest BCUT2D eigenvalue weighted by Gasteiger charge is 2.32. The molecule has 148 valence electrons. The van der Waals surface area contributed by atoms with E-state index in [9.17, 15) is 0 Å². The second kappa shape index (κ2) is 8.52. The normalized spacial score (nSPS) is 19.0. The molecule has 1 fully saturated rings. The summed E-state index contributed by atoms with van der Waals surface area (Å²) in [5.74, 6) is 1.18. The molecule has 1 atom stereocenters. The first-order valence-corrected chi connectivity index (χ1v) is 9.46. The molecule has 0 aromatic heterocycles. The van der Waals surface area contributed by atoms with Crippen molar-refractivity contribution in [3.63, 3.8) is 0 Å². The maximum atomic E-state index is 6.09. The molecule has 1 saturated heterocycles. The van der Waals surface area contributed by atoms with Crippen molar-refractivity contribution in [1.82, 2.24) is 4.90 Å². The molecule has 0 bridgehead atoms. The molecule has 0 saturated carbocycles. The van der Waals surface area contributed by atoms with E-state index < -0.39 is 0 Å². The first-order chi connectivity index (χ1) is 13.1. The average molecular weight is 399 g/mol. The molecule has 7 heteroatoms. The van der Waals surface area contributed by atoms with Gasteiger partial charge in [-0.15, -0.1) is 12.4 Å². The lowest BCUT2D eigenvalue weighted by Gasteiger charge is -2.38. The summed E-state index contributed by atoms with van der Waals surface area (Å²) in [6, 6.07) is 16.8. The zero-order valence-corrected chi connectivity index (χ0v) is 17.1. The first-order valence-electron chi connectivity index (χ1n) is 9.46. The van der Waals surface area contributed by atoms with Crippen LogP contribution in [-0.2, 0) is 0 Å². The highest BCUT2D eigenvalue weighted by molar-refractivity contribution is 6.06. The predicted molar refractivity (Wildman–Crippen MR) is 119 cm³/mol. The largest absolute Gasteiger partial charge is 0.368 e. The van der Waals surface area contributed by atoms with E-state index in [1.165, 1.54) is 24.0 Å². The monoisotopic (exact) mass is 398 g/mol. The topological polar surface area (TPSA) is 69.2 Å². The number of aryl methyl sites for hydroxylation is 2. The second-order valence-electron chi connectivity index (χ2n) is 7.18. The minimum Gasteiger partial charge on any atom is -0.368 e. The van der Waals surface area contributed by atoms with Crippen LogP contribution in [-0.4, -0.2) is 36.2 Å². The zero-order valence-electron chi connectivity index (χ0n) is 16.3. The number of hydrogen-bond donors (Lipinski definition) is 2. The number of nitrogens with two attached hydrogens (primary N) is 1. The number of nitrogens with one attached hydrogen (secondary N) is 1. The van der Waals surface area contributed by atoms with Crippen LogP contribution in [0, 0.1) is 13.8 Å². The summed E-state index contributed by atoms with van der Waals surface area (Å²) < 4.78 is 0. The van der Waals surface area contributed by atoms with Gasteiger partial charge in [0.1, 0.15) is 0 Å². The molecule has 2 aromatic carbocycles. The summed E-state index contributed by atoms with van der Waals surface area (Å²) >= 11 is 0. The van der Waals surface area contributed by atoms with E-state index in [1.807, 2.05) is 0 Å². The van der Waals surface area contributed by atoms with Gasteiger partial charge in [0.05, 0.1) is 0 Å². The number of hydrogen-bond acceptors (Lipinski definition) is 6. The lowest BCUT2D eigenvalue weighted by Crippen LogP contribution is -2.54. The lowest BCUT2D eigenvalue weighted by atomic mass is 10.2. The molecule has 2 heterocycles. The molecule has 0 radical (unpaired) electrons. The average Bonchev–Trinajstić information content (AvgIpc) is 3.19. The Morgan fingerprint density at radius 3 is 2.11 bits per heavy atom. The minimum atomic E-state index is -0.344. The number of nitrogens with zero attached hydrogens (tertiary/aromatic N) is 4. The fourth-order valence-electron chi connectivity index (χ4n) is 3.48. The first kappa shape index (κ1) is 20.0. The van der Waals surface area contributed by atoms with Crippen molar-refractivity contribution in [2.24, 2.45) is 15.7 Å². The van der Waals surface area contributed by atoms with Gasteiger partial charge in [-0.25, -0.2) is 4.99 Å². The van der Waals surface area contributed by atoms with Crippen molar-refractivity contribution in [2.75, 3.05) is 23.3 Å². The number of anilines is 2. The maximum Gasteiger partial charge on any atom is 0.222 e. The van der Waals surface area contributed by atoms with Gasteiger partial charge in [-0.2, -0.15) is 4.99 Å². The Balaban J connectivity index is 0.00000225. The van der Waals surface area contributed by atoms with Crippen molar-refractivity contribution in [2.45, 2.75) is 33.0 Å². The Morgan fingerprint density at radius 2 is 1.50 bits per heavy atom. The van der Waals surface area contributed by atoms with Gasteiger partial charge >= 0.3 is 0 Å². The van der Waals surface area contributed by atoms with E-state index in [0.717, 1.165) is 30.4 Å². The molecule has 0 amide bonds. The van der Waals surface area contributed by atoms with Crippen LogP contribution in [0.15, 0.2) is 58.5 Å². The SMILES string of the molecule is Cc1ccc(NC2N=C(N)N=C(N3CCCC3)N2c2ccc(C)cc2)cc1.Cl. The predicted octanol–water partition coefficient (Wildman–Crippen LogP) is 3.71. The van der Waals surface area contributed by atoms with Gasteiger partial charge in [-0.05, 0) is 51.0 Å². The Bertz CT molecular complexity index is 853. The molecule has 1 unspecified atom stereocenters. The van der Waals surface area contributed by atoms with Crippen LogP contribution in [0.4, 0.5) is 11.4 Å². The minimum absolute atomic E-state index is 0. The molecular formula is C21H27ClN6. The number of benzene rings is 2. The van der Waals surface area contributed by atoms with Crippen LogP contribution in [0.2, 0.25) is 0 Å². The number of guanidine groups is 2. The van der Waals surface area contributed by atoms with E-state index in [1.54, 1.807) is 0 Å². The van der Waals surface area contributed by atoms with Crippen molar-refractivity contribution in [3.05, 3.63) is 59.7 Å². The zero-order chi connectivity index (χ0) is 18.8. The van der Waals surface area contributed by atoms with Gasteiger partial charge in [-0.3, -0.25) is 4.90 Å². The molecule has 6 nitrogen and oxygen atoms in total. The number of likely N-dealkylation sites (tertiary alicyclic amines) is 1. The lowest BCUT2D eigenvalue weighted by molar-refractivity contribution is 0.497. The van der Waals surface area contributed by atoms with Gasteiger partial charge in [0.2, 0.25) is 18.2 Å². The van der Waals surface area contributed by atoms with Crippen LogP contribution in [0.25, 0.3) is 0 Å². The molecule has 0 aliphatic carbocycles. The summed E-state index contributed by atoms with van der Waals surface area (Å²) in [6.45, 7) is 6.16. The van der Waals surface area contributed by atoms with Gasteiger partial charge in [0.15, 0.2) is 0 Å². The molecule has 4 rings (SSSR count). The summed E-state index contributed by atoms with van der Waals surface area (Å²) in [6.07, 6.45) is 2.00. The smallest absolute Gasteiger partial charge is 0.222 e. The molecule has 28 heavy (non-hydrogen) atoms. The van der Waals surface area contributed by atoms with E-state index in [-0.39, 0.29) is 18.7 Å². The van der Waals surface area contributed by atoms with Crippen molar-refractivity contribution in [3.8, 4) is 0 Å². The Kier molecular flexibility index (Phi) is 6.09. The molecule has 2 aromatic rings. The van der Waals surface area contributed by atoms with Crippen LogP contribution >= 0.6 is 12.4 Å². The Hall–Kier alpha value is -2.73. The molecule has 3 N–H and O–H groups in total. The van der Waals surface area contributed by atoms with E-state index in [2.05, 4.69) is 87.5 Å². The van der Waals surface area contributed by atoms with E-state index in [4.69, 9.17) is 5.73 Å². The molecule has 2 aliphatic rings.